The molecule has 0 aliphatic carbocycles. The highest BCUT2D eigenvalue weighted by Crippen LogP contribution is 2.52. The quantitative estimate of drug-likeness (QED) is 0.615. The van der Waals surface area contributed by atoms with Gasteiger partial charge in [0.25, 0.3) is 5.91 Å². The van der Waals surface area contributed by atoms with E-state index in [1.165, 1.54) is 18.2 Å². The van der Waals surface area contributed by atoms with Crippen LogP contribution >= 0.6 is 7.60 Å². The third-order valence-electron chi connectivity index (χ3n) is 3.58. The maximum absolute atomic E-state index is 11.9. The average Bonchev–Trinajstić information content (AvgIpc) is 2.58. The van der Waals surface area contributed by atoms with Crippen LogP contribution in [0.4, 0.5) is 11.4 Å². The summed E-state index contributed by atoms with van der Waals surface area (Å²) in [7, 11) is -4.57. The number of nitrogens with zero attached hydrogens (tertiary/aromatic N) is 1. The van der Waals surface area contributed by atoms with Crippen LogP contribution in [0.15, 0.2) is 42.5 Å². The second-order valence-corrected chi connectivity index (χ2v) is 7.12. The molecule has 9 heteroatoms. The van der Waals surface area contributed by atoms with Gasteiger partial charge >= 0.3 is 7.60 Å². The normalized spacial score (nSPS) is 14.5. The Balaban J connectivity index is 1.94. The van der Waals surface area contributed by atoms with Crippen molar-refractivity contribution in [2.24, 2.45) is 0 Å². The van der Waals surface area contributed by atoms with E-state index < -0.39 is 13.4 Å². The van der Waals surface area contributed by atoms with Crippen LogP contribution in [0.3, 0.4) is 0 Å². The smallest absolute Gasteiger partial charge is 0.352 e. The van der Waals surface area contributed by atoms with Gasteiger partial charge < -0.3 is 25.2 Å². The van der Waals surface area contributed by atoms with Crippen molar-refractivity contribution < 1.29 is 23.9 Å². The molecule has 1 aliphatic rings. The molecule has 0 spiro atoms. The van der Waals surface area contributed by atoms with Crippen molar-refractivity contribution >= 4 is 24.9 Å². The van der Waals surface area contributed by atoms with E-state index in [2.05, 4.69) is 10.6 Å². The molecule has 2 aromatic carbocycles. The van der Waals surface area contributed by atoms with Crippen molar-refractivity contribution in [3.8, 4) is 11.8 Å². The van der Waals surface area contributed by atoms with Gasteiger partial charge in [-0.05, 0) is 35.9 Å². The first-order valence-electron chi connectivity index (χ1n) is 7.25. The number of carbonyl (C=O) groups excluding carboxylic acids is 1. The molecule has 0 fully saturated rings. The Morgan fingerprint density at radius 2 is 2.08 bits per heavy atom. The Morgan fingerprint density at radius 1 is 1.28 bits per heavy atom. The van der Waals surface area contributed by atoms with Crippen LogP contribution in [0, 0.1) is 11.3 Å². The minimum absolute atomic E-state index is 0.0775. The molecular formula is C16H14N3O5P. The molecule has 25 heavy (non-hydrogen) atoms. The molecule has 0 radical (unpaired) electrons. The lowest BCUT2D eigenvalue weighted by atomic mass is 10.1. The predicted molar refractivity (Wildman–Crippen MR) is 90.1 cm³/mol. The average molecular weight is 359 g/mol. The van der Waals surface area contributed by atoms with Gasteiger partial charge in [-0.15, -0.1) is 0 Å². The van der Waals surface area contributed by atoms with E-state index in [-0.39, 0.29) is 18.1 Å². The molecule has 4 N–H and O–H groups in total. The first-order chi connectivity index (χ1) is 11.9. The number of ether oxygens (including phenoxy) is 1. The largest absolute Gasteiger partial charge is 0.482 e. The highest BCUT2D eigenvalue weighted by atomic mass is 31.2. The van der Waals surface area contributed by atoms with E-state index in [0.717, 1.165) is 0 Å². The van der Waals surface area contributed by atoms with Gasteiger partial charge in [0.2, 0.25) is 0 Å². The lowest BCUT2D eigenvalue weighted by Crippen LogP contribution is -2.25. The molecule has 0 bridgehead atoms. The summed E-state index contributed by atoms with van der Waals surface area (Å²) in [5, 5.41) is 14.4. The van der Waals surface area contributed by atoms with Crippen molar-refractivity contribution in [1.82, 2.24) is 0 Å². The van der Waals surface area contributed by atoms with Gasteiger partial charge in [-0.3, -0.25) is 9.36 Å². The van der Waals surface area contributed by atoms with E-state index in [9.17, 15) is 19.1 Å². The summed E-state index contributed by atoms with van der Waals surface area (Å²) in [5.74, 6) is -1.17. The van der Waals surface area contributed by atoms with Crippen LogP contribution in [-0.2, 0) is 9.36 Å². The maximum atomic E-state index is 11.9. The predicted octanol–water partition coefficient (Wildman–Crippen LogP) is 2.18. The third kappa shape index (κ3) is 3.80. The minimum atomic E-state index is -4.57. The molecule has 0 aromatic heterocycles. The number of hydrogen-bond donors (Lipinski definition) is 4. The fourth-order valence-corrected chi connectivity index (χ4v) is 3.34. The van der Waals surface area contributed by atoms with E-state index in [1.807, 2.05) is 6.07 Å². The molecule has 128 valence electrons. The summed E-state index contributed by atoms with van der Waals surface area (Å²) in [6, 6.07) is 12.7. The minimum Gasteiger partial charge on any atom is -0.482 e. The second kappa shape index (κ2) is 6.57. The third-order valence-corrected chi connectivity index (χ3v) is 4.68. The number of anilines is 2. The lowest BCUT2D eigenvalue weighted by molar-refractivity contribution is -0.118. The van der Waals surface area contributed by atoms with E-state index in [4.69, 9.17) is 10.00 Å². The zero-order chi connectivity index (χ0) is 18.0. The Labute approximate surface area is 143 Å². The first kappa shape index (κ1) is 17.0. The zero-order valence-corrected chi connectivity index (χ0v) is 13.7. The molecule has 1 atom stereocenters. The van der Waals surface area contributed by atoms with Crippen molar-refractivity contribution in [2.45, 2.75) is 5.78 Å². The maximum Gasteiger partial charge on any atom is 0.352 e. The van der Waals surface area contributed by atoms with Gasteiger partial charge in [0, 0.05) is 5.69 Å². The Bertz CT molecular complexity index is 918. The number of nitrogens with one attached hydrogen (secondary N) is 2. The number of carbonyl (C=O) groups is 1. The first-order valence-corrected chi connectivity index (χ1v) is 8.93. The summed E-state index contributed by atoms with van der Waals surface area (Å²) in [4.78, 5) is 30.8. The Morgan fingerprint density at radius 3 is 2.80 bits per heavy atom. The standard InChI is InChI=1S/C16H14N3O5P/c17-8-10-2-1-3-11(6-10)16(25(21,22)23)18-12-4-5-14-13(7-12)19-15(20)9-24-14/h1-7,16,18H,9H2,(H,19,20)(H2,21,22,23)/t16-/m0/s1. The van der Waals surface area contributed by atoms with Crippen LogP contribution in [0.5, 0.6) is 5.75 Å². The van der Waals surface area contributed by atoms with Gasteiger partial charge in [0.15, 0.2) is 12.4 Å². The molecule has 1 aliphatic heterocycles. The van der Waals surface area contributed by atoms with Gasteiger partial charge in [0.1, 0.15) is 5.75 Å². The van der Waals surface area contributed by atoms with Crippen molar-refractivity contribution in [3.05, 3.63) is 53.6 Å². The number of nitriles is 1. The summed E-state index contributed by atoms with van der Waals surface area (Å²) < 4.78 is 17.2. The van der Waals surface area contributed by atoms with Crippen molar-refractivity contribution in [1.29, 1.82) is 5.26 Å². The molecule has 0 unspecified atom stereocenters. The summed E-state index contributed by atoms with van der Waals surface area (Å²) in [6.45, 7) is -0.0775. The van der Waals surface area contributed by atoms with Crippen LogP contribution in [0.2, 0.25) is 0 Å². The second-order valence-electron chi connectivity index (χ2n) is 5.42. The molecule has 2 aromatic rings. The van der Waals surface area contributed by atoms with Gasteiger partial charge in [0.05, 0.1) is 17.3 Å². The van der Waals surface area contributed by atoms with Gasteiger partial charge in [-0.25, -0.2) is 0 Å². The SMILES string of the molecule is N#Cc1cccc([C@@H](Nc2ccc3c(c2)NC(=O)CO3)P(=O)(O)O)c1. The van der Waals surface area contributed by atoms with Crippen LogP contribution in [0.1, 0.15) is 16.9 Å². The number of amides is 1. The van der Waals surface area contributed by atoms with Crippen molar-refractivity contribution in [2.75, 3.05) is 17.2 Å². The van der Waals surface area contributed by atoms with Crippen LogP contribution in [-0.4, -0.2) is 22.3 Å². The lowest BCUT2D eigenvalue weighted by Gasteiger charge is -2.23. The highest BCUT2D eigenvalue weighted by molar-refractivity contribution is 7.52. The van der Waals surface area contributed by atoms with E-state index >= 15 is 0 Å². The van der Waals surface area contributed by atoms with E-state index in [1.54, 1.807) is 24.3 Å². The molecule has 3 rings (SSSR count). The van der Waals surface area contributed by atoms with Crippen molar-refractivity contribution in [3.63, 3.8) is 0 Å². The molecule has 1 heterocycles. The van der Waals surface area contributed by atoms with E-state index in [0.29, 0.717) is 22.7 Å². The fourth-order valence-electron chi connectivity index (χ4n) is 2.47. The molecular weight excluding hydrogens is 345 g/mol. The number of fused-ring (bicyclic) bond motifs is 1. The summed E-state index contributed by atoms with van der Waals surface area (Å²) >= 11 is 0. The monoisotopic (exact) mass is 359 g/mol. The fraction of sp³-hybridized carbons (Fsp3) is 0.125. The number of hydrogen-bond acceptors (Lipinski definition) is 5. The molecule has 1 amide bonds. The van der Waals surface area contributed by atoms with Crippen LogP contribution < -0.4 is 15.4 Å². The zero-order valence-electron chi connectivity index (χ0n) is 12.8. The van der Waals surface area contributed by atoms with Gasteiger partial charge in [-0.2, -0.15) is 5.26 Å². The molecule has 0 saturated heterocycles. The highest BCUT2D eigenvalue weighted by Gasteiger charge is 2.31. The summed E-state index contributed by atoms with van der Waals surface area (Å²) in [5.41, 5.74) is 1.38. The number of benzene rings is 2. The Hall–Kier alpha value is -2.85. The molecule has 0 saturated carbocycles. The Kier molecular flexibility index (Phi) is 4.47. The number of rotatable bonds is 4. The van der Waals surface area contributed by atoms with Gasteiger partial charge in [-0.1, -0.05) is 12.1 Å². The van der Waals surface area contributed by atoms with Crippen LogP contribution in [0.25, 0.3) is 0 Å². The topological polar surface area (TPSA) is 132 Å². The summed E-state index contributed by atoms with van der Waals surface area (Å²) in [6.07, 6.45) is 0. The molecule has 8 nitrogen and oxygen atoms in total.